The average Bonchev–Trinajstić information content (AvgIpc) is 3.50. The first-order valence-electron chi connectivity index (χ1n) is 16.3. The van der Waals surface area contributed by atoms with Crippen LogP contribution in [0.5, 0.6) is 0 Å². The molecule has 0 atom stereocenters. The Hall–Kier alpha value is -4.68. The molecule has 2 aliphatic carbocycles. The first-order chi connectivity index (χ1) is 21.6. The minimum Gasteiger partial charge on any atom is -0.0622 e. The van der Waals surface area contributed by atoms with Crippen molar-refractivity contribution in [1.82, 2.24) is 0 Å². The largest absolute Gasteiger partial charge is 0.0726 e. The van der Waals surface area contributed by atoms with Crippen molar-refractivity contribution in [2.45, 2.75) is 57.8 Å². The van der Waals surface area contributed by atoms with Gasteiger partial charge in [0.2, 0.25) is 0 Å². The summed E-state index contributed by atoms with van der Waals surface area (Å²) in [5, 5.41) is 0. The van der Waals surface area contributed by atoms with Gasteiger partial charge in [0.1, 0.15) is 0 Å². The van der Waals surface area contributed by atoms with Gasteiger partial charge in [-0.3, -0.25) is 0 Å². The smallest absolute Gasteiger partial charge is 0.0622 e. The van der Waals surface area contributed by atoms with Gasteiger partial charge in [0.15, 0.2) is 0 Å². The molecule has 2 aliphatic rings. The van der Waals surface area contributed by atoms with Crippen molar-refractivity contribution < 1.29 is 0 Å². The molecule has 8 rings (SSSR count). The predicted molar refractivity (Wildman–Crippen MR) is 191 cm³/mol. The van der Waals surface area contributed by atoms with Crippen molar-refractivity contribution in [3.63, 3.8) is 0 Å². The second kappa shape index (κ2) is 9.66. The summed E-state index contributed by atoms with van der Waals surface area (Å²) in [5.74, 6) is 0. The fraction of sp³-hybridized carbons (Fsp3) is 0.200. The van der Waals surface area contributed by atoms with Gasteiger partial charge in [-0.25, -0.2) is 0 Å². The second-order valence-corrected chi connectivity index (χ2v) is 15.0. The maximum atomic E-state index is 2.54. The quantitative estimate of drug-likeness (QED) is 0.191. The van der Waals surface area contributed by atoms with Crippen LogP contribution in [0.1, 0.15) is 74.9 Å². The average molecular weight is 581 g/mol. The van der Waals surface area contributed by atoms with Gasteiger partial charge >= 0.3 is 0 Å². The Morgan fingerprint density at radius 2 is 0.667 bits per heavy atom. The molecular weight excluding hydrogens is 540 g/mol. The number of fused-ring (bicyclic) bond motifs is 10. The van der Waals surface area contributed by atoms with E-state index in [2.05, 4.69) is 175 Å². The van der Waals surface area contributed by atoms with Gasteiger partial charge in [0, 0.05) is 0 Å². The Morgan fingerprint density at radius 3 is 1.02 bits per heavy atom. The van der Waals surface area contributed by atoms with Crippen molar-refractivity contribution >= 4 is 0 Å². The normalized spacial score (nSPS) is 14.2. The maximum absolute atomic E-state index is 2.54. The third kappa shape index (κ3) is 4.12. The van der Waals surface area contributed by atoms with Gasteiger partial charge in [-0.1, -0.05) is 163 Å². The zero-order chi connectivity index (χ0) is 31.1. The molecule has 0 nitrogen and oxygen atoms in total. The summed E-state index contributed by atoms with van der Waals surface area (Å²) >= 11 is 0. The molecule has 0 heteroatoms. The highest BCUT2D eigenvalue weighted by molar-refractivity contribution is 5.97. The molecule has 0 aromatic heterocycles. The number of hydrogen-bond acceptors (Lipinski definition) is 0. The Kier molecular flexibility index (Phi) is 5.97. The lowest BCUT2D eigenvalue weighted by Crippen LogP contribution is -2.27. The molecule has 220 valence electrons. The molecule has 0 radical (unpaired) electrons. The Balaban J connectivity index is 1.53. The molecule has 0 saturated heterocycles. The second-order valence-electron chi connectivity index (χ2n) is 15.0. The van der Waals surface area contributed by atoms with Crippen LogP contribution in [0.3, 0.4) is 0 Å². The van der Waals surface area contributed by atoms with Crippen molar-refractivity contribution in [3.8, 4) is 44.5 Å². The zero-order valence-electron chi connectivity index (χ0n) is 27.2. The van der Waals surface area contributed by atoms with Crippen LogP contribution < -0.4 is 0 Å². The summed E-state index contributed by atoms with van der Waals surface area (Å²) in [4.78, 5) is 0. The van der Waals surface area contributed by atoms with Crippen LogP contribution in [0.2, 0.25) is 0 Å². The van der Waals surface area contributed by atoms with Crippen LogP contribution >= 0.6 is 0 Å². The molecular formula is C45H40. The number of benzene rings is 6. The molecule has 0 unspecified atom stereocenters. The SMILES string of the molecule is CC(C)(C)c1ccc2c(c1)C1(c3cc(-c4ccccc4)ccc3-c3ccc(-c4ccccc4)cc31)c1cc(C(C)(C)C)ccc1-2. The van der Waals surface area contributed by atoms with Crippen LogP contribution in [0.25, 0.3) is 44.5 Å². The molecule has 6 aromatic rings. The predicted octanol–water partition coefficient (Wildman–Crippen LogP) is 12.0. The van der Waals surface area contributed by atoms with Crippen molar-refractivity contribution in [1.29, 1.82) is 0 Å². The van der Waals surface area contributed by atoms with E-state index in [9.17, 15) is 0 Å². The van der Waals surface area contributed by atoms with Gasteiger partial charge in [0.25, 0.3) is 0 Å². The van der Waals surface area contributed by atoms with Crippen molar-refractivity contribution in [3.05, 3.63) is 167 Å². The van der Waals surface area contributed by atoms with E-state index >= 15 is 0 Å². The van der Waals surface area contributed by atoms with E-state index in [1.807, 2.05) is 0 Å². The number of rotatable bonds is 2. The van der Waals surface area contributed by atoms with Gasteiger partial charge in [-0.15, -0.1) is 0 Å². The lowest BCUT2D eigenvalue weighted by Gasteiger charge is -2.33. The third-order valence-corrected chi connectivity index (χ3v) is 10.2. The first-order valence-corrected chi connectivity index (χ1v) is 16.3. The Morgan fingerprint density at radius 1 is 0.333 bits per heavy atom. The van der Waals surface area contributed by atoms with Crippen molar-refractivity contribution in [2.75, 3.05) is 0 Å². The van der Waals surface area contributed by atoms with Crippen LogP contribution in [-0.4, -0.2) is 0 Å². The summed E-state index contributed by atoms with van der Waals surface area (Å²) in [6.07, 6.45) is 0. The van der Waals surface area contributed by atoms with Gasteiger partial charge in [0.05, 0.1) is 5.41 Å². The van der Waals surface area contributed by atoms with Crippen LogP contribution in [0, 0.1) is 0 Å². The maximum Gasteiger partial charge on any atom is 0.0726 e. The standard InChI is InChI=1S/C45H40/c1-43(2,3)33-19-23-37-38-24-20-34(44(4,5)6)28-42(38)45(41(37)27-33)39-25-31(29-13-9-7-10-14-29)17-21-35(39)36-22-18-32(26-40(36)45)30-15-11-8-12-16-30/h7-28H,1-6H3. The summed E-state index contributed by atoms with van der Waals surface area (Å²) in [6.45, 7) is 14.0. The van der Waals surface area contributed by atoms with Crippen LogP contribution in [-0.2, 0) is 16.2 Å². The topological polar surface area (TPSA) is 0 Å². The lowest BCUT2D eigenvalue weighted by atomic mass is 9.68. The highest BCUT2D eigenvalue weighted by Crippen LogP contribution is 2.64. The fourth-order valence-electron chi connectivity index (χ4n) is 7.78. The summed E-state index contributed by atoms with van der Waals surface area (Å²) < 4.78 is 0. The molecule has 0 N–H and O–H groups in total. The monoisotopic (exact) mass is 580 g/mol. The highest BCUT2D eigenvalue weighted by atomic mass is 14.5. The van der Waals surface area contributed by atoms with Gasteiger partial charge < -0.3 is 0 Å². The van der Waals surface area contributed by atoms with Gasteiger partial charge in [-0.2, -0.15) is 0 Å². The van der Waals surface area contributed by atoms with E-state index in [4.69, 9.17) is 0 Å². The number of hydrogen-bond donors (Lipinski definition) is 0. The van der Waals surface area contributed by atoms with E-state index in [1.54, 1.807) is 0 Å². The Bertz CT molecular complexity index is 1940. The zero-order valence-corrected chi connectivity index (χ0v) is 27.2. The summed E-state index contributed by atoms with van der Waals surface area (Å²) in [5.41, 5.74) is 18.4. The molecule has 0 amide bonds. The van der Waals surface area contributed by atoms with E-state index in [-0.39, 0.29) is 10.8 Å². The van der Waals surface area contributed by atoms with Crippen molar-refractivity contribution in [2.24, 2.45) is 0 Å². The highest BCUT2D eigenvalue weighted by Gasteiger charge is 2.52. The summed E-state index contributed by atoms with van der Waals surface area (Å²) in [6, 6.07) is 50.7. The molecule has 0 heterocycles. The Labute approximate surface area is 268 Å². The van der Waals surface area contributed by atoms with Crippen LogP contribution in [0.4, 0.5) is 0 Å². The molecule has 45 heavy (non-hydrogen) atoms. The molecule has 0 aliphatic heterocycles. The minimum atomic E-state index is -0.423. The van der Waals surface area contributed by atoms with Crippen LogP contribution in [0.15, 0.2) is 133 Å². The molecule has 0 bridgehead atoms. The summed E-state index contributed by atoms with van der Waals surface area (Å²) in [7, 11) is 0. The molecule has 1 spiro atoms. The first kappa shape index (κ1) is 27.8. The molecule has 0 fully saturated rings. The fourth-order valence-corrected chi connectivity index (χ4v) is 7.78. The third-order valence-electron chi connectivity index (χ3n) is 10.2. The van der Waals surface area contributed by atoms with E-state index in [0.717, 1.165) is 0 Å². The van der Waals surface area contributed by atoms with E-state index in [1.165, 1.54) is 77.9 Å². The minimum absolute atomic E-state index is 0.0314. The van der Waals surface area contributed by atoms with Gasteiger partial charge in [-0.05, 0) is 101 Å². The molecule has 0 saturated carbocycles. The molecule has 6 aromatic carbocycles. The van der Waals surface area contributed by atoms with E-state index < -0.39 is 5.41 Å². The lowest BCUT2D eigenvalue weighted by molar-refractivity contribution is 0.586. The van der Waals surface area contributed by atoms with E-state index in [0.29, 0.717) is 0 Å².